The standard InChI is InChI=1S/C8H11FN2O2S/c9-8-5-7(10)2-1-6(8)3-4-11-14(12)13/h1-2,5,11H,3-4,10H2,(H,12,13)/p-1. The maximum absolute atomic E-state index is 13.1. The fourth-order valence-corrected chi connectivity index (χ4v) is 1.30. The third kappa shape index (κ3) is 3.41. The third-order valence-corrected chi connectivity index (χ3v) is 2.13. The molecule has 4 nitrogen and oxygen atoms in total. The van der Waals surface area contributed by atoms with Crippen molar-refractivity contribution in [3.05, 3.63) is 29.6 Å². The van der Waals surface area contributed by atoms with Crippen molar-refractivity contribution in [3.8, 4) is 0 Å². The SMILES string of the molecule is Nc1ccc(CCNS(=O)[O-])c(F)c1. The molecule has 0 aliphatic rings. The van der Waals surface area contributed by atoms with Crippen LogP contribution in [0.4, 0.5) is 10.1 Å². The molecule has 0 amide bonds. The minimum Gasteiger partial charge on any atom is -0.760 e. The number of hydrogen-bond acceptors (Lipinski definition) is 3. The minimum absolute atomic E-state index is 0.178. The van der Waals surface area contributed by atoms with Crippen LogP contribution in [0.25, 0.3) is 0 Å². The molecule has 1 atom stereocenters. The topological polar surface area (TPSA) is 78.2 Å². The molecule has 0 aliphatic heterocycles. The zero-order valence-corrected chi connectivity index (χ0v) is 8.14. The molecule has 0 bridgehead atoms. The number of nitrogen functional groups attached to an aromatic ring is 1. The molecule has 0 aromatic heterocycles. The van der Waals surface area contributed by atoms with Crippen LogP contribution in [0.15, 0.2) is 18.2 Å². The van der Waals surface area contributed by atoms with E-state index in [-0.39, 0.29) is 6.54 Å². The summed E-state index contributed by atoms with van der Waals surface area (Å²) < 4.78 is 35.5. The van der Waals surface area contributed by atoms with Gasteiger partial charge in [-0.05, 0) is 24.1 Å². The van der Waals surface area contributed by atoms with Crippen molar-refractivity contribution in [3.63, 3.8) is 0 Å². The monoisotopic (exact) mass is 217 g/mol. The Kier molecular flexibility index (Phi) is 3.99. The lowest BCUT2D eigenvalue weighted by Gasteiger charge is -2.07. The lowest BCUT2D eigenvalue weighted by molar-refractivity contribution is 0.522. The summed E-state index contributed by atoms with van der Waals surface area (Å²) in [5, 5.41) is 0. The van der Waals surface area contributed by atoms with Crippen LogP contribution in [-0.2, 0) is 17.7 Å². The Bertz CT molecular complexity index is 346. The van der Waals surface area contributed by atoms with E-state index in [0.717, 1.165) is 0 Å². The molecule has 1 unspecified atom stereocenters. The fraction of sp³-hybridized carbons (Fsp3) is 0.250. The molecule has 0 saturated heterocycles. The molecule has 6 heteroatoms. The van der Waals surface area contributed by atoms with Crippen molar-refractivity contribution in [2.45, 2.75) is 6.42 Å². The number of hydrogen-bond donors (Lipinski definition) is 2. The van der Waals surface area contributed by atoms with Crippen molar-refractivity contribution < 1.29 is 13.2 Å². The summed E-state index contributed by atoms with van der Waals surface area (Å²) in [4.78, 5) is 0. The summed E-state index contributed by atoms with van der Waals surface area (Å²) in [5.74, 6) is -0.413. The average Bonchev–Trinajstić information content (AvgIpc) is 2.08. The van der Waals surface area contributed by atoms with E-state index in [2.05, 4.69) is 4.72 Å². The third-order valence-electron chi connectivity index (χ3n) is 1.69. The van der Waals surface area contributed by atoms with Crippen molar-refractivity contribution >= 4 is 17.0 Å². The Labute approximate surface area is 83.7 Å². The molecule has 14 heavy (non-hydrogen) atoms. The molecule has 0 radical (unpaired) electrons. The Balaban J connectivity index is 2.55. The van der Waals surface area contributed by atoms with E-state index in [1.165, 1.54) is 6.07 Å². The van der Waals surface area contributed by atoms with Crippen LogP contribution in [0.2, 0.25) is 0 Å². The largest absolute Gasteiger partial charge is 0.760 e. The van der Waals surface area contributed by atoms with Gasteiger partial charge in [-0.1, -0.05) is 6.07 Å². The summed E-state index contributed by atoms with van der Waals surface area (Å²) in [6.07, 6.45) is 0.306. The van der Waals surface area contributed by atoms with Crippen molar-refractivity contribution in [1.82, 2.24) is 4.72 Å². The first-order valence-corrected chi connectivity index (χ1v) is 5.04. The number of nitrogens with one attached hydrogen (secondary N) is 1. The lowest BCUT2D eigenvalue weighted by Crippen LogP contribution is -2.19. The predicted octanol–water partition coefficient (Wildman–Crippen LogP) is 0.334. The lowest BCUT2D eigenvalue weighted by atomic mass is 10.1. The second kappa shape index (κ2) is 5.04. The summed E-state index contributed by atoms with van der Waals surface area (Å²) >= 11 is -2.30. The number of benzene rings is 1. The molecular weight excluding hydrogens is 207 g/mol. The minimum atomic E-state index is -2.30. The van der Waals surface area contributed by atoms with E-state index >= 15 is 0 Å². The van der Waals surface area contributed by atoms with Gasteiger partial charge in [-0.3, -0.25) is 4.21 Å². The first-order chi connectivity index (χ1) is 6.59. The van der Waals surface area contributed by atoms with E-state index in [1.807, 2.05) is 0 Å². The van der Waals surface area contributed by atoms with Gasteiger partial charge in [0.25, 0.3) is 0 Å². The Hall–Kier alpha value is -0.980. The van der Waals surface area contributed by atoms with E-state index < -0.39 is 17.1 Å². The zero-order chi connectivity index (χ0) is 10.6. The predicted molar refractivity (Wildman–Crippen MR) is 51.4 cm³/mol. The average molecular weight is 217 g/mol. The maximum atomic E-state index is 13.1. The van der Waals surface area contributed by atoms with Gasteiger partial charge in [0.05, 0.1) is 0 Å². The molecule has 0 spiro atoms. The molecule has 78 valence electrons. The summed E-state index contributed by atoms with van der Waals surface area (Å²) in [7, 11) is 0. The van der Waals surface area contributed by atoms with Crippen LogP contribution in [0.5, 0.6) is 0 Å². The van der Waals surface area contributed by atoms with Gasteiger partial charge in [0.15, 0.2) is 0 Å². The van der Waals surface area contributed by atoms with E-state index in [1.54, 1.807) is 12.1 Å². The quantitative estimate of drug-likeness (QED) is 0.563. The molecule has 1 rings (SSSR count). The summed E-state index contributed by atoms with van der Waals surface area (Å²) in [6.45, 7) is 0.178. The molecule has 1 aromatic carbocycles. The van der Waals surface area contributed by atoms with Gasteiger partial charge in [0.1, 0.15) is 5.82 Å². The first kappa shape index (κ1) is 11.1. The Morgan fingerprint density at radius 2 is 2.29 bits per heavy atom. The first-order valence-electron chi connectivity index (χ1n) is 3.96. The van der Waals surface area contributed by atoms with E-state index in [9.17, 15) is 13.2 Å². The van der Waals surface area contributed by atoms with Crippen LogP contribution in [0.3, 0.4) is 0 Å². The van der Waals surface area contributed by atoms with Crippen LogP contribution in [0.1, 0.15) is 5.56 Å². The molecular formula is C8H10FN2O2S-. The van der Waals surface area contributed by atoms with E-state index in [0.29, 0.717) is 17.7 Å². The van der Waals surface area contributed by atoms with Gasteiger partial charge in [0.2, 0.25) is 0 Å². The number of nitrogens with two attached hydrogens (primary N) is 1. The summed E-state index contributed by atoms with van der Waals surface area (Å²) in [5.41, 5.74) is 6.15. The number of anilines is 1. The van der Waals surface area contributed by atoms with Crippen LogP contribution in [-0.4, -0.2) is 15.3 Å². The van der Waals surface area contributed by atoms with Crippen LogP contribution >= 0.6 is 0 Å². The highest BCUT2D eigenvalue weighted by Gasteiger charge is 2.01. The number of halogens is 1. The van der Waals surface area contributed by atoms with Crippen molar-refractivity contribution in [2.24, 2.45) is 0 Å². The normalized spacial score (nSPS) is 12.7. The maximum Gasteiger partial charge on any atom is 0.128 e. The molecule has 0 fully saturated rings. The highest BCUT2D eigenvalue weighted by Crippen LogP contribution is 2.11. The van der Waals surface area contributed by atoms with Gasteiger partial charge in [0, 0.05) is 23.5 Å². The highest BCUT2D eigenvalue weighted by molar-refractivity contribution is 7.77. The van der Waals surface area contributed by atoms with Gasteiger partial charge >= 0.3 is 0 Å². The molecule has 3 N–H and O–H groups in total. The van der Waals surface area contributed by atoms with Crippen LogP contribution < -0.4 is 10.5 Å². The van der Waals surface area contributed by atoms with Crippen LogP contribution in [0, 0.1) is 5.82 Å². The Morgan fingerprint density at radius 1 is 1.57 bits per heavy atom. The Morgan fingerprint density at radius 3 is 2.86 bits per heavy atom. The highest BCUT2D eigenvalue weighted by atomic mass is 32.2. The van der Waals surface area contributed by atoms with Gasteiger partial charge in [-0.25, -0.2) is 9.11 Å². The van der Waals surface area contributed by atoms with E-state index in [4.69, 9.17) is 5.73 Å². The van der Waals surface area contributed by atoms with Crippen molar-refractivity contribution in [1.29, 1.82) is 0 Å². The molecule has 0 aliphatic carbocycles. The molecule has 1 aromatic rings. The smallest absolute Gasteiger partial charge is 0.128 e. The summed E-state index contributed by atoms with van der Waals surface area (Å²) in [6, 6.07) is 4.33. The second-order valence-corrected chi connectivity index (χ2v) is 3.49. The molecule has 0 saturated carbocycles. The zero-order valence-electron chi connectivity index (χ0n) is 7.33. The van der Waals surface area contributed by atoms with Gasteiger partial charge in [-0.15, -0.1) is 0 Å². The van der Waals surface area contributed by atoms with Gasteiger partial charge < -0.3 is 10.3 Å². The second-order valence-electron chi connectivity index (χ2n) is 2.73. The number of rotatable bonds is 4. The van der Waals surface area contributed by atoms with Crippen molar-refractivity contribution in [2.75, 3.05) is 12.3 Å². The molecule has 0 heterocycles. The fourth-order valence-electron chi connectivity index (χ4n) is 1.04. The van der Waals surface area contributed by atoms with Gasteiger partial charge in [-0.2, -0.15) is 0 Å².